The van der Waals surface area contributed by atoms with E-state index < -0.39 is 0 Å². The summed E-state index contributed by atoms with van der Waals surface area (Å²) in [5.74, 6) is 1.13. The minimum absolute atomic E-state index is 0.0619. The van der Waals surface area contributed by atoms with Gasteiger partial charge in [-0.25, -0.2) is 0 Å². The summed E-state index contributed by atoms with van der Waals surface area (Å²) >= 11 is 6.06. The van der Waals surface area contributed by atoms with Crippen molar-refractivity contribution in [2.24, 2.45) is 0 Å². The summed E-state index contributed by atoms with van der Waals surface area (Å²) in [5, 5.41) is 3.20. The molecule has 17 heavy (non-hydrogen) atoms. The second-order valence-electron chi connectivity index (χ2n) is 3.78. The van der Waals surface area contributed by atoms with Crippen LogP contribution in [0.1, 0.15) is 16.8 Å². The van der Waals surface area contributed by atoms with Crippen LogP contribution in [0.15, 0.2) is 12.1 Å². The smallest absolute Gasteiger partial charge is 0.178 e. The van der Waals surface area contributed by atoms with E-state index in [9.17, 15) is 4.79 Å². The summed E-state index contributed by atoms with van der Waals surface area (Å²) in [7, 11) is 1.72. The largest absolute Gasteiger partial charge is 0.490 e. The van der Waals surface area contributed by atoms with E-state index in [1.54, 1.807) is 19.2 Å². The Morgan fingerprint density at radius 2 is 2.00 bits per heavy atom. The third kappa shape index (κ3) is 2.70. The van der Waals surface area contributed by atoms with E-state index in [4.69, 9.17) is 21.1 Å². The molecule has 1 aromatic carbocycles. The third-order valence-electron chi connectivity index (χ3n) is 2.47. The van der Waals surface area contributed by atoms with Gasteiger partial charge in [-0.3, -0.25) is 4.79 Å². The molecule has 1 aliphatic heterocycles. The molecule has 0 saturated carbocycles. The van der Waals surface area contributed by atoms with E-state index in [1.165, 1.54) is 0 Å². The van der Waals surface area contributed by atoms with Gasteiger partial charge in [-0.1, -0.05) is 11.6 Å². The van der Waals surface area contributed by atoms with Crippen LogP contribution in [-0.2, 0) is 0 Å². The first-order chi connectivity index (χ1) is 8.22. The maximum atomic E-state index is 11.8. The molecule has 1 heterocycles. The summed E-state index contributed by atoms with van der Waals surface area (Å²) < 4.78 is 11.0. The van der Waals surface area contributed by atoms with Gasteiger partial charge in [0.05, 0.1) is 24.8 Å². The molecule has 0 aliphatic carbocycles. The van der Waals surface area contributed by atoms with Crippen molar-refractivity contribution in [3.63, 3.8) is 0 Å². The van der Waals surface area contributed by atoms with Gasteiger partial charge in [-0.15, -0.1) is 0 Å². The number of likely N-dealkylation sites (N-methyl/N-ethyl adjacent to an activating group) is 1. The topological polar surface area (TPSA) is 47.6 Å². The van der Waals surface area contributed by atoms with Crippen LogP contribution in [0.25, 0.3) is 0 Å². The molecular formula is C12H14ClNO3. The molecule has 5 heteroatoms. The quantitative estimate of drug-likeness (QED) is 0.838. The third-order valence-corrected chi connectivity index (χ3v) is 2.79. The Morgan fingerprint density at radius 1 is 1.35 bits per heavy atom. The maximum absolute atomic E-state index is 11.8. The number of hydrogen-bond donors (Lipinski definition) is 1. The predicted octanol–water partition coefficient (Wildman–Crippen LogP) is 1.90. The predicted molar refractivity (Wildman–Crippen MR) is 65.3 cm³/mol. The van der Waals surface area contributed by atoms with Gasteiger partial charge in [-0.2, -0.15) is 0 Å². The summed E-state index contributed by atoms with van der Waals surface area (Å²) in [5.41, 5.74) is 0.463. The molecule has 1 aromatic rings. The van der Waals surface area contributed by atoms with Crippen molar-refractivity contribution in [1.82, 2.24) is 5.32 Å². The molecule has 0 fully saturated rings. The number of halogens is 1. The normalized spacial score (nSPS) is 14.2. The first-order valence-corrected chi connectivity index (χ1v) is 5.87. The number of Topliss-reactive ketones (excluding diaryl/α,β-unsaturated/α-hetero) is 1. The molecule has 92 valence electrons. The number of carbonyl (C=O) groups excluding carboxylic acids is 1. The van der Waals surface area contributed by atoms with Crippen molar-refractivity contribution in [2.45, 2.75) is 6.42 Å². The van der Waals surface area contributed by atoms with Crippen molar-refractivity contribution in [1.29, 1.82) is 0 Å². The summed E-state index contributed by atoms with van der Waals surface area (Å²) in [6, 6.07) is 3.30. The highest BCUT2D eigenvalue weighted by atomic mass is 35.5. The van der Waals surface area contributed by atoms with Crippen molar-refractivity contribution >= 4 is 17.4 Å². The highest BCUT2D eigenvalue weighted by molar-refractivity contribution is 6.34. The summed E-state index contributed by atoms with van der Waals surface area (Å²) in [6.45, 7) is 1.45. The minimum Gasteiger partial charge on any atom is -0.490 e. The number of rotatable bonds is 3. The van der Waals surface area contributed by atoms with Crippen LogP contribution in [0, 0.1) is 0 Å². The van der Waals surface area contributed by atoms with Gasteiger partial charge < -0.3 is 14.8 Å². The van der Waals surface area contributed by atoms with Gasteiger partial charge in [0, 0.05) is 18.1 Å². The Bertz CT molecular complexity index is 434. The number of ketones is 1. The van der Waals surface area contributed by atoms with Crippen molar-refractivity contribution < 1.29 is 14.3 Å². The summed E-state index contributed by atoms with van der Waals surface area (Å²) in [4.78, 5) is 11.8. The van der Waals surface area contributed by atoms with E-state index in [0.29, 0.717) is 35.3 Å². The molecule has 1 N–H and O–H groups in total. The van der Waals surface area contributed by atoms with Crippen LogP contribution in [0.4, 0.5) is 0 Å². The zero-order valence-electron chi connectivity index (χ0n) is 9.59. The molecule has 0 atom stereocenters. The van der Waals surface area contributed by atoms with Crippen LogP contribution in [0.5, 0.6) is 11.5 Å². The molecule has 2 rings (SSSR count). The Morgan fingerprint density at radius 3 is 2.65 bits per heavy atom. The Labute approximate surface area is 105 Å². The Balaban J connectivity index is 2.35. The van der Waals surface area contributed by atoms with Crippen molar-refractivity contribution in [2.75, 3.05) is 26.8 Å². The molecule has 0 aromatic heterocycles. The van der Waals surface area contributed by atoms with Gasteiger partial charge in [0.2, 0.25) is 0 Å². The Hall–Kier alpha value is -1.26. The molecule has 0 unspecified atom stereocenters. The Kier molecular flexibility index (Phi) is 3.86. The number of hydrogen-bond acceptors (Lipinski definition) is 4. The van der Waals surface area contributed by atoms with Gasteiger partial charge in [0.25, 0.3) is 0 Å². The van der Waals surface area contributed by atoms with Crippen LogP contribution >= 0.6 is 11.6 Å². The van der Waals surface area contributed by atoms with Gasteiger partial charge in [0.1, 0.15) is 0 Å². The van der Waals surface area contributed by atoms with Crippen molar-refractivity contribution in [3.05, 3.63) is 22.7 Å². The lowest BCUT2D eigenvalue weighted by Crippen LogP contribution is -2.19. The highest BCUT2D eigenvalue weighted by Crippen LogP contribution is 2.35. The fourth-order valence-electron chi connectivity index (χ4n) is 1.65. The number of ether oxygens (including phenoxy) is 2. The van der Waals surface area contributed by atoms with Crippen molar-refractivity contribution in [3.8, 4) is 11.5 Å². The standard InChI is InChI=1S/C12H14ClNO3/c1-14-7-10(15)8-5-11-12(6-9(8)13)17-4-2-3-16-11/h5-6,14H,2-4,7H2,1H3. The van der Waals surface area contributed by atoms with Gasteiger partial charge >= 0.3 is 0 Å². The average molecular weight is 256 g/mol. The second kappa shape index (κ2) is 5.38. The lowest BCUT2D eigenvalue weighted by Gasteiger charge is -2.10. The molecular weight excluding hydrogens is 242 g/mol. The molecule has 0 bridgehead atoms. The fourth-order valence-corrected chi connectivity index (χ4v) is 1.91. The van der Waals surface area contributed by atoms with E-state index in [1.807, 2.05) is 0 Å². The fraction of sp³-hybridized carbons (Fsp3) is 0.417. The SMILES string of the molecule is CNCC(=O)c1cc2c(cc1Cl)OCCCO2. The lowest BCUT2D eigenvalue weighted by molar-refractivity contribution is 0.0993. The molecule has 0 spiro atoms. The number of nitrogens with one attached hydrogen (secondary N) is 1. The van der Waals surface area contributed by atoms with Crippen LogP contribution in [0.3, 0.4) is 0 Å². The zero-order chi connectivity index (χ0) is 12.3. The van der Waals surface area contributed by atoms with Gasteiger partial charge in [0.15, 0.2) is 17.3 Å². The van der Waals surface area contributed by atoms with E-state index in [2.05, 4.69) is 5.32 Å². The zero-order valence-corrected chi connectivity index (χ0v) is 10.3. The van der Waals surface area contributed by atoms with Crippen LogP contribution in [-0.4, -0.2) is 32.6 Å². The van der Waals surface area contributed by atoms with E-state index >= 15 is 0 Å². The number of fused-ring (bicyclic) bond motifs is 1. The molecule has 0 radical (unpaired) electrons. The highest BCUT2D eigenvalue weighted by Gasteiger charge is 2.17. The maximum Gasteiger partial charge on any atom is 0.178 e. The lowest BCUT2D eigenvalue weighted by atomic mass is 10.1. The minimum atomic E-state index is -0.0619. The molecule has 1 aliphatic rings. The van der Waals surface area contributed by atoms with Crippen LogP contribution < -0.4 is 14.8 Å². The second-order valence-corrected chi connectivity index (χ2v) is 4.19. The summed E-state index contributed by atoms with van der Waals surface area (Å²) in [6.07, 6.45) is 0.825. The number of benzene rings is 1. The molecule has 4 nitrogen and oxygen atoms in total. The molecule has 0 amide bonds. The first kappa shape index (κ1) is 12.2. The molecule has 0 saturated heterocycles. The van der Waals surface area contributed by atoms with E-state index in [0.717, 1.165) is 6.42 Å². The number of carbonyl (C=O) groups is 1. The van der Waals surface area contributed by atoms with E-state index in [-0.39, 0.29) is 12.3 Å². The monoisotopic (exact) mass is 255 g/mol. The first-order valence-electron chi connectivity index (χ1n) is 5.49. The van der Waals surface area contributed by atoms with Gasteiger partial charge in [-0.05, 0) is 13.1 Å². The average Bonchev–Trinajstić information content (AvgIpc) is 2.52. The van der Waals surface area contributed by atoms with Crippen LogP contribution in [0.2, 0.25) is 5.02 Å².